The van der Waals surface area contributed by atoms with E-state index in [1.165, 1.54) is 11.3 Å². The number of para-hydroxylation sites is 2. The van der Waals surface area contributed by atoms with Crippen LogP contribution in [0.5, 0.6) is 0 Å². The molecule has 29 heavy (non-hydrogen) atoms. The van der Waals surface area contributed by atoms with Crippen LogP contribution in [0.15, 0.2) is 54.6 Å². The lowest BCUT2D eigenvalue weighted by atomic mass is 10.1. The van der Waals surface area contributed by atoms with E-state index in [1.807, 2.05) is 0 Å². The quantitative estimate of drug-likeness (QED) is 0.818. The summed E-state index contributed by atoms with van der Waals surface area (Å²) >= 11 is 0. The number of hydrogen-bond acceptors (Lipinski definition) is 4. The molecule has 0 saturated carbocycles. The number of amides is 1. The predicted molar refractivity (Wildman–Crippen MR) is 117 cm³/mol. The van der Waals surface area contributed by atoms with Gasteiger partial charge in [0.2, 0.25) is 5.91 Å². The van der Waals surface area contributed by atoms with E-state index in [2.05, 4.69) is 76.6 Å². The summed E-state index contributed by atoms with van der Waals surface area (Å²) in [5, 5.41) is 3.11. The summed E-state index contributed by atoms with van der Waals surface area (Å²) in [6, 6.07) is 19.1. The molecule has 2 aliphatic heterocycles. The molecule has 5 heteroatoms. The molecule has 0 radical (unpaired) electrons. The van der Waals surface area contributed by atoms with E-state index < -0.39 is 0 Å². The minimum Gasteiger partial charge on any atom is -0.381 e. The zero-order chi connectivity index (χ0) is 20.1. The zero-order valence-corrected chi connectivity index (χ0v) is 17.2. The van der Waals surface area contributed by atoms with Gasteiger partial charge < -0.3 is 19.9 Å². The fourth-order valence-electron chi connectivity index (χ4n) is 4.34. The maximum atomic E-state index is 12.7. The van der Waals surface area contributed by atoms with Crippen LogP contribution >= 0.6 is 0 Å². The molecular weight excluding hydrogens is 362 g/mol. The first kappa shape index (κ1) is 19.8. The van der Waals surface area contributed by atoms with Gasteiger partial charge in [-0.05, 0) is 30.0 Å². The van der Waals surface area contributed by atoms with Crippen molar-refractivity contribution in [2.45, 2.75) is 19.9 Å². The molecule has 5 nitrogen and oxygen atoms in total. The molecule has 2 aliphatic rings. The fraction of sp³-hybridized carbons (Fsp3) is 0.458. The van der Waals surface area contributed by atoms with Crippen molar-refractivity contribution in [1.82, 2.24) is 5.32 Å². The average Bonchev–Trinajstić information content (AvgIpc) is 3.22. The second-order valence-corrected chi connectivity index (χ2v) is 8.37. The fourth-order valence-corrected chi connectivity index (χ4v) is 4.34. The summed E-state index contributed by atoms with van der Waals surface area (Å²) < 4.78 is 5.41. The van der Waals surface area contributed by atoms with Crippen LogP contribution in [0.1, 0.15) is 18.9 Å². The number of fused-ring (bicyclic) bond motifs is 1. The van der Waals surface area contributed by atoms with Crippen molar-refractivity contribution in [3.8, 4) is 0 Å². The maximum Gasteiger partial charge on any atom is 0.239 e. The van der Waals surface area contributed by atoms with Crippen LogP contribution in [0, 0.1) is 11.8 Å². The van der Waals surface area contributed by atoms with Gasteiger partial charge in [0, 0.05) is 38.7 Å². The number of benzene rings is 2. The lowest BCUT2D eigenvalue weighted by Crippen LogP contribution is -2.41. The predicted octanol–water partition coefficient (Wildman–Crippen LogP) is 3.30. The second kappa shape index (κ2) is 9.31. The summed E-state index contributed by atoms with van der Waals surface area (Å²) in [7, 11) is 0. The second-order valence-electron chi connectivity index (χ2n) is 8.37. The number of hydrogen-bond donors (Lipinski definition) is 1. The van der Waals surface area contributed by atoms with Crippen LogP contribution in [0.3, 0.4) is 0 Å². The summed E-state index contributed by atoms with van der Waals surface area (Å²) in [6.45, 7) is 7.69. The molecule has 2 atom stereocenters. The molecule has 0 unspecified atom stereocenters. The topological polar surface area (TPSA) is 44.8 Å². The molecule has 1 N–H and O–H groups in total. The summed E-state index contributed by atoms with van der Waals surface area (Å²) in [5.74, 6) is 1.01. The highest BCUT2D eigenvalue weighted by molar-refractivity contribution is 5.84. The Morgan fingerprint density at radius 1 is 1.03 bits per heavy atom. The molecule has 1 fully saturated rings. The number of ether oxygens (including phenoxy) is 1. The van der Waals surface area contributed by atoms with Crippen LogP contribution in [0.4, 0.5) is 11.4 Å². The molecular formula is C24H31N3O2. The Hall–Kier alpha value is -2.53. The van der Waals surface area contributed by atoms with Crippen LogP contribution in [-0.2, 0) is 16.1 Å². The van der Waals surface area contributed by atoms with Crippen molar-refractivity contribution in [2.24, 2.45) is 11.8 Å². The summed E-state index contributed by atoms with van der Waals surface area (Å²) in [5.41, 5.74) is 3.66. The number of anilines is 2. The van der Waals surface area contributed by atoms with Gasteiger partial charge in [-0.2, -0.15) is 0 Å². The number of carbonyl (C=O) groups excluding carboxylic acids is 1. The van der Waals surface area contributed by atoms with Crippen molar-refractivity contribution < 1.29 is 9.53 Å². The van der Waals surface area contributed by atoms with Crippen molar-refractivity contribution in [3.63, 3.8) is 0 Å². The van der Waals surface area contributed by atoms with E-state index >= 15 is 0 Å². The first-order valence-corrected chi connectivity index (χ1v) is 10.7. The molecule has 4 rings (SSSR count). The standard InChI is InChI=1S/C24H31N3O2/c1-19-14-26(16-20-7-3-2-4-8-20)22-9-5-6-10-23(22)27(15-19)17-24(28)25-13-21-11-12-29-18-21/h2-10,19,21H,11-18H2,1H3,(H,25,28)/t19-,21-/m0/s1. The van der Waals surface area contributed by atoms with Gasteiger partial charge in [0.25, 0.3) is 0 Å². The lowest BCUT2D eigenvalue weighted by Gasteiger charge is -2.27. The first-order valence-electron chi connectivity index (χ1n) is 10.7. The maximum absolute atomic E-state index is 12.7. The Balaban J connectivity index is 1.48. The average molecular weight is 394 g/mol. The van der Waals surface area contributed by atoms with E-state index in [9.17, 15) is 4.79 Å². The molecule has 0 aromatic heterocycles. The van der Waals surface area contributed by atoms with Crippen LogP contribution in [0.2, 0.25) is 0 Å². The minimum absolute atomic E-state index is 0.0930. The van der Waals surface area contributed by atoms with E-state index in [-0.39, 0.29) is 5.91 Å². The highest BCUT2D eigenvalue weighted by Crippen LogP contribution is 2.34. The highest BCUT2D eigenvalue weighted by atomic mass is 16.5. The van der Waals surface area contributed by atoms with Gasteiger partial charge in [-0.25, -0.2) is 0 Å². The smallest absolute Gasteiger partial charge is 0.239 e. The summed E-state index contributed by atoms with van der Waals surface area (Å²) in [6.07, 6.45) is 1.04. The Kier molecular flexibility index (Phi) is 6.35. The highest BCUT2D eigenvalue weighted by Gasteiger charge is 2.26. The third kappa shape index (κ3) is 5.10. The van der Waals surface area contributed by atoms with Gasteiger partial charge >= 0.3 is 0 Å². The molecule has 0 spiro atoms. The van der Waals surface area contributed by atoms with Crippen molar-refractivity contribution >= 4 is 17.3 Å². The Labute approximate surface area is 173 Å². The van der Waals surface area contributed by atoms with Crippen molar-refractivity contribution in [2.75, 3.05) is 49.2 Å². The van der Waals surface area contributed by atoms with E-state index in [0.717, 1.165) is 45.0 Å². The number of nitrogens with one attached hydrogen (secondary N) is 1. The molecule has 0 aliphatic carbocycles. The molecule has 154 valence electrons. The zero-order valence-electron chi connectivity index (χ0n) is 17.2. The normalized spacial score (nSPS) is 21.6. The van der Waals surface area contributed by atoms with Crippen LogP contribution < -0.4 is 15.1 Å². The number of rotatable bonds is 6. The molecule has 2 heterocycles. The van der Waals surface area contributed by atoms with Crippen LogP contribution in [0.25, 0.3) is 0 Å². The third-order valence-electron chi connectivity index (χ3n) is 5.79. The van der Waals surface area contributed by atoms with Crippen molar-refractivity contribution in [3.05, 3.63) is 60.2 Å². The molecule has 2 aromatic carbocycles. The molecule has 1 amide bonds. The molecule has 0 bridgehead atoms. The van der Waals surface area contributed by atoms with Gasteiger partial charge in [0.1, 0.15) is 0 Å². The summed E-state index contributed by atoms with van der Waals surface area (Å²) in [4.78, 5) is 17.4. The van der Waals surface area contributed by atoms with E-state index in [0.29, 0.717) is 24.9 Å². The Morgan fingerprint density at radius 3 is 2.45 bits per heavy atom. The van der Waals surface area contributed by atoms with Crippen molar-refractivity contribution in [1.29, 1.82) is 0 Å². The largest absolute Gasteiger partial charge is 0.381 e. The first-order chi connectivity index (χ1) is 14.2. The minimum atomic E-state index is 0.0930. The van der Waals surface area contributed by atoms with Gasteiger partial charge in [0.05, 0.1) is 24.5 Å². The van der Waals surface area contributed by atoms with Gasteiger partial charge in [-0.1, -0.05) is 49.4 Å². The Bertz CT molecular complexity index is 805. The third-order valence-corrected chi connectivity index (χ3v) is 5.79. The van der Waals surface area contributed by atoms with E-state index in [4.69, 9.17) is 4.74 Å². The SMILES string of the molecule is C[C@@H]1CN(CC(=O)NC[C@@H]2CCOC2)c2ccccc2N(Cc2ccccc2)C1. The lowest BCUT2D eigenvalue weighted by molar-refractivity contribution is -0.120. The molecule has 2 aromatic rings. The van der Waals surface area contributed by atoms with Gasteiger partial charge in [0.15, 0.2) is 0 Å². The van der Waals surface area contributed by atoms with Crippen LogP contribution in [-0.4, -0.2) is 45.3 Å². The van der Waals surface area contributed by atoms with Gasteiger partial charge in [-0.15, -0.1) is 0 Å². The van der Waals surface area contributed by atoms with Gasteiger partial charge in [-0.3, -0.25) is 4.79 Å². The molecule has 1 saturated heterocycles. The number of nitrogens with zero attached hydrogens (tertiary/aromatic N) is 2. The Morgan fingerprint density at radius 2 is 1.72 bits per heavy atom. The number of carbonyl (C=O) groups is 1. The monoisotopic (exact) mass is 393 g/mol. The van der Waals surface area contributed by atoms with E-state index in [1.54, 1.807) is 0 Å².